The largest absolute Gasteiger partial charge is 0.481 e. The van der Waals surface area contributed by atoms with Gasteiger partial charge >= 0.3 is 5.97 Å². The quantitative estimate of drug-likeness (QED) is 0.355. The zero-order valence-electron chi connectivity index (χ0n) is 23.9. The van der Waals surface area contributed by atoms with Gasteiger partial charge in [0, 0.05) is 22.7 Å². The third kappa shape index (κ3) is 6.41. The summed E-state index contributed by atoms with van der Waals surface area (Å²) in [4.78, 5) is 44.8. The number of amides is 2. The maximum Gasteiger partial charge on any atom is 0.305 e. The minimum atomic E-state index is -0.959. The van der Waals surface area contributed by atoms with E-state index in [2.05, 4.69) is 33.0 Å². The number of benzene rings is 2. The molecule has 7 nitrogen and oxygen atoms in total. The van der Waals surface area contributed by atoms with E-state index >= 15 is 0 Å². The van der Waals surface area contributed by atoms with Gasteiger partial charge in [-0.1, -0.05) is 70.0 Å². The highest BCUT2D eigenvalue weighted by molar-refractivity contribution is 6.47. The lowest BCUT2D eigenvalue weighted by Gasteiger charge is -2.47. The van der Waals surface area contributed by atoms with Gasteiger partial charge in [-0.05, 0) is 73.3 Å². The smallest absolute Gasteiger partial charge is 0.305 e. The first-order chi connectivity index (χ1) is 18.9. The molecule has 8 heteroatoms. The lowest BCUT2D eigenvalue weighted by molar-refractivity contribution is -0.137. The number of hydrogen-bond donors (Lipinski definition) is 2. The maximum absolute atomic E-state index is 14.2. The van der Waals surface area contributed by atoms with Gasteiger partial charge in [-0.25, -0.2) is 0 Å². The standard InChI is InChI=1S/C32H40ClN3O4/c1-5-6-26(21-7-9-23(10-8-21)29(39)34-20-17-27(37)38)36-30(40)28(22-11-13-25(33)14-12-22)35-32(36)18-15-24(16-19-32)31(2,3)4/h7-14,24,26H,5-6,15-20H2,1-4H3,(H,34,39)(H,37,38)/t24?,26-,32?/m1/s1. The van der Waals surface area contributed by atoms with Gasteiger partial charge in [-0.15, -0.1) is 0 Å². The summed E-state index contributed by atoms with van der Waals surface area (Å²) >= 11 is 6.14. The summed E-state index contributed by atoms with van der Waals surface area (Å²) in [5.41, 5.74) is 2.26. The van der Waals surface area contributed by atoms with Crippen molar-refractivity contribution >= 4 is 35.1 Å². The van der Waals surface area contributed by atoms with Crippen LogP contribution in [-0.4, -0.2) is 45.7 Å². The number of nitrogens with zero attached hydrogens (tertiary/aromatic N) is 2. The second-order valence-electron chi connectivity index (χ2n) is 12.1. The summed E-state index contributed by atoms with van der Waals surface area (Å²) in [6.45, 7) is 9.04. The van der Waals surface area contributed by atoms with Crippen molar-refractivity contribution < 1.29 is 19.5 Å². The van der Waals surface area contributed by atoms with Gasteiger partial charge in [0.1, 0.15) is 11.4 Å². The zero-order chi connectivity index (χ0) is 29.1. The summed E-state index contributed by atoms with van der Waals surface area (Å²) in [7, 11) is 0. The van der Waals surface area contributed by atoms with E-state index < -0.39 is 11.6 Å². The number of halogens is 1. The Morgan fingerprint density at radius 1 is 1.10 bits per heavy atom. The van der Waals surface area contributed by atoms with Crippen molar-refractivity contribution in [2.75, 3.05) is 6.54 Å². The lowest BCUT2D eigenvalue weighted by Crippen LogP contribution is -2.51. The number of carboxylic acid groups (broad SMARTS) is 1. The van der Waals surface area contributed by atoms with Crippen LogP contribution in [0.1, 0.15) is 100 Å². The molecule has 0 radical (unpaired) electrons. The molecule has 1 aliphatic heterocycles. The maximum atomic E-state index is 14.2. The predicted molar refractivity (Wildman–Crippen MR) is 158 cm³/mol. The van der Waals surface area contributed by atoms with Crippen molar-refractivity contribution in [2.45, 2.75) is 84.3 Å². The number of aliphatic carboxylic acids is 1. The zero-order valence-corrected chi connectivity index (χ0v) is 24.6. The van der Waals surface area contributed by atoms with Gasteiger partial charge in [0.05, 0.1) is 12.5 Å². The highest BCUT2D eigenvalue weighted by Gasteiger charge is 2.52. The molecule has 1 heterocycles. The van der Waals surface area contributed by atoms with Gasteiger partial charge < -0.3 is 15.3 Å². The van der Waals surface area contributed by atoms with Crippen LogP contribution in [0.4, 0.5) is 0 Å². The topological polar surface area (TPSA) is 99.1 Å². The van der Waals surface area contributed by atoms with Gasteiger partial charge in [0.2, 0.25) is 0 Å². The Morgan fingerprint density at radius 3 is 2.27 bits per heavy atom. The van der Waals surface area contributed by atoms with E-state index in [1.54, 1.807) is 24.3 Å². The number of aliphatic imine (C=N–C) groups is 1. The Hall–Kier alpha value is -3.19. The van der Waals surface area contributed by atoms with Crippen LogP contribution in [0.15, 0.2) is 53.5 Å². The number of nitrogens with one attached hydrogen (secondary N) is 1. The molecule has 2 N–H and O–H groups in total. The molecule has 2 aromatic rings. The molecule has 2 amide bonds. The average Bonchev–Trinajstić information content (AvgIpc) is 3.18. The highest BCUT2D eigenvalue weighted by atomic mass is 35.5. The van der Waals surface area contributed by atoms with Crippen LogP contribution in [0, 0.1) is 11.3 Å². The van der Waals surface area contributed by atoms with Crippen molar-refractivity contribution in [1.29, 1.82) is 0 Å². The molecule has 1 fully saturated rings. The summed E-state index contributed by atoms with van der Waals surface area (Å²) in [5.74, 6) is -0.778. The SMILES string of the molecule is CCC[C@H](c1ccc(C(=O)NCCC(=O)O)cc1)N1C(=O)C(c2ccc(Cl)cc2)=NC12CCC(C(C)(C)C)CC2. The average molecular weight is 566 g/mol. The predicted octanol–water partition coefficient (Wildman–Crippen LogP) is 6.65. The van der Waals surface area contributed by atoms with Crippen LogP contribution < -0.4 is 5.32 Å². The summed E-state index contributed by atoms with van der Waals surface area (Å²) < 4.78 is 0. The van der Waals surface area contributed by atoms with E-state index in [1.807, 2.05) is 29.2 Å². The first kappa shape index (κ1) is 29.8. The fourth-order valence-corrected chi connectivity index (χ4v) is 6.23. The van der Waals surface area contributed by atoms with Crippen LogP contribution >= 0.6 is 11.6 Å². The molecule has 0 bridgehead atoms. The summed E-state index contributed by atoms with van der Waals surface area (Å²) in [6.07, 6.45) is 5.13. The van der Waals surface area contributed by atoms with Crippen LogP contribution in [0.25, 0.3) is 0 Å². The van der Waals surface area contributed by atoms with Gasteiger partial charge in [-0.3, -0.25) is 19.4 Å². The second-order valence-corrected chi connectivity index (χ2v) is 12.5. The first-order valence-corrected chi connectivity index (χ1v) is 14.6. The highest BCUT2D eigenvalue weighted by Crippen LogP contribution is 2.49. The van der Waals surface area contributed by atoms with Crippen molar-refractivity contribution in [1.82, 2.24) is 10.2 Å². The second kappa shape index (κ2) is 12.1. The number of carboxylic acids is 1. The van der Waals surface area contributed by atoms with E-state index in [0.717, 1.165) is 49.7 Å². The molecule has 1 spiro atoms. The van der Waals surface area contributed by atoms with Gasteiger partial charge in [0.25, 0.3) is 11.8 Å². The molecule has 0 unspecified atom stereocenters. The summed E-state index contributed by atoms with van der Waals surface area (Å²) in [6, 6.07) is 14.4. The van der Waals surface area contributed by atoms with Gasteiger partial charge in [0.15, 0.2) is 0 Å². The van der Waals surface area contributed by atoms with Crippen molar-refractivity contribution in [3.8, 4) is 0 Å². The number of hydrogen-bond acceptors (Lipinski definition) is 4. The van der Waals surface area contributed by atoms with E-state index in [9.17, 15) is 14.4 Å². The van der Waals surface area contributed by atoms with E-state index in [1.165, 1.54) is 0 Å². The summed E-state index contributed by atoms with van der Waals surface area (Å²) in [5, 5.41) is 12.1. The van der Waals surface area contributed by atoms with Crippen LogP contribution in [0.3, 0.4) is 0 Å². The molecule has 1 saturated carbocycles. The van der Waals surface area contributed by atoms with Crippen LogP contribution in [0.5, 0.6) is 0 Å². The van der Waals surface area contributed by atoms with Crippen molar-refractivity contribution in [3.05, 3.63) is 70.2 Å². The molecular weight excluding hydrogens is 526 g/mol. The fraction of sp³-hybridized carbons (Fsp3) is 0.500. The molecule has 4 rings (SSSR count). The molecular formula is C32H40ClN3O4. The van der Waals surface area contributed by atoms with E-state index in [4.69, 9.17) is 21.7 Å². The van der Waals surface area contributed by atoms with Crippen molar-refractivity contribution in [2.24, 2.45) is 16.3 Å². The van der Waals surface area contributed by atoms with Gasteiger partial charge in [-0.2, -0.15) is 0 Å². The molecule has 0 aromatic heterocycles. The molecule has 214 valence electrons. The van der Waals surface area contributed by atoms with E-state index in [0.29, 0.717) is 22.2 Å². The Kier molecular flexibility index (Phi) is 9.03. The van der Waals surface area contributed by atoms with Crippen LogP contribution in [0.2, 0.25) is 5.02 Å². The number of carbonyl (C=O) groups is 3. The Bertz CT molecular complexity index is 1260. The molecule has 1 aliphatic carbocycles. The first-order valence-electron chi connectivity index (χ1n) is 14.2. The minimum absolute atomic E-state index is 0.0644. The Morgan fingerprint density at radius 2 is 1.73 bits per heavy atom. The Labute approximate surface area is 242 Å². The lowest BCUT2D eigenvalue weighted by atomic mass is 9.69. The third-order valence-electron chi connectivity index (χ3n) is 8.37. The normalized spacial score (nSPS) is 21.8. The monoisotopic (exact) mass is 565 g/mol. The molecule has 40 heavy (non-hydrogen) atoms. The van der Waals surface area contributed by atoms with Crippen molar-refractivity contribution in [3.63, 3.8) is 0 Å². The molecule has 2 aliphatic rings. The number of carbonyl (C=O) groups excluding carboxylic acids is 2. The molecule has 1 atom stereocenters. The van der Waals surface area contributed by atoms with E-state index in [-0.39, 0.29) is 36.2 Å². The minimum Gasteiger partial charge on any atom is -0.481 e. The third-order valence-corrected chi connectivity index (χ3v) is 8.63. The number of rotatable bonds is 9. The fourth-order valence-electron chi connectivity index (χ4n) is 6.10. The van der Waals surface area contributed by atoms with Crippen LogP contribution in [-0.2, 0) is 9.59 Å². The molecule has 0 saturated heterocycles. The Balaban J connectivity index is 1.66. The molecule has 2 aromatic carbocycles.